The van der Waals surface area contributed by atoms with E-state index < -0.39 is 20.8 Å². The molecule has 1 aromatic heterocycles. The van der Waals surface area contributed by atoms with Gasteiger partial charge in [-0.15, -0.1) is 0 Å². The molecule has 5 nitrogen and oxygen atoms in total. The highest BCUT2D eigenvalue weighted by atomic mass is 35.7. The van der Waals surface area contributed by atoms with Gasteiger partial charge in [0.2, 0.25) is 0 Å². The molecule has 0 atom stereocenters. The number of H-pyrrole nitrogens is 1. The van der Waals surface area contributed by atoms with Crippen LogP contribution >= 0.6 is 33.9 Å². The molecule has 1 aromatic carbocycles. The van der Waals surface area contributed by atoms with E-state index in [2.05, 4.69) is 10.3 Å². The molecule has 0 aliphatic rings. The van der Waals surface area contributed by atoms with Crippen LogP contribution < -0.4 is 5.32 Å². The molecule has 0 radical (unpaired) electrons. The number of anilines is 1. The number of halogens is 4. The lowest BCUT2D eigenvalue weighted by Gasteiger charge is -2.06. The molecule has 2 aromatic rings. The summed E-state index contributed by atoms with van der Waals surface area (Å²) in [5.41, 5.74) is 0.340. The van der Waals surface area contributed by atoms with Crippen LogP contribution in [0.15, 0.2) is 23.1 Å². The van der Waals surface area contributed by atoms with Gasteiger partial charge < -0.3 is 10.3 Å². The Hall–Kier alpha value is -1.28. The number of aryl methyl sites for hydroxylation is 1. The SMILES string of the molecule is Cc1[nH]c(C(=O)Nc2cc(Cl)c(F)c(Cl)c2)cc1S(=O)(=O)Cl. The van der Waals surface area contributed by atoms with Crippen molar-refractivity contribution >= 4 is 54.5 Å². The number of aromatic amines is 1. The van der Waals surface area contributed by atoms with Crippen LogP contribution in [-0.4, -0.2) is 19.3 Å². The molecule has 2 N–H and O–H groups in total. The maximum atomic E-state index is 13.3. The average molecular weight is 386 g/mol. The van der Waals surface area contributed by atoms with E-state index in [1.54, 1.807) is 0 Å². The maximum Gasteiger partial charge on any atom is 0.272 e. The first-order valence-electron chi connectivity index (χ1n) is 5.69. The monoisotopic (exact) mass is 384 g/mol. The number of carbonyl (C=O) groups is 1. The number of benzene rings is 1. The Morgan fingerprint density at radius 1 is 1.23 bits per heavy atom. The summed E-state index contributed by atoms with van der Waals surface area (Å²) < 4.78 is 35.9. The van der Waals surface area contributed by atoms with Gasteiger partial charge in [0.05, 0.1) is 10.0 Å². The lowest BCUT2D eigenvalue weighted by Crippen LogP contribution is -2.12. The van der Waals surface area contributed by atoms with Crippen LogP contribution in [0.2, 0.25) is 10.0 Å². The lowest BCUT2D eigenvalue weighted by atomic mass is 10.3. The van der Waals surface area contributed by atoms with Crippen LogP contribution in [0.5, 0.6) is 0 Å². The summed E-state index contributed by atoms with van der Waals surface area (Å²) in [5.74, 6) is -1.46. The molecule has 1 heterocycles. The number of carbonyl (C=O) groups excluding carboxylic acids is 1. The molecule has 0 fully saturated rings. The summed E-state index contributed by atoms with van der Waals surface area (Å²) in [6.07, 6.45) is 0. The largest absolute Gasteiger partial charge is 0.353 e. The van der Waals surface area contributed by atoms with Crippen LogP contribution in [0, 0.1) is 12.7 Å². The molecule has 0 saturated heterocycles. The van der Waals surface area contributed by atoms with Crippen LogP contribution in [0.1, 0.15) is 16.2 Å². The van der Waals surface area contributed by atoms with Gasteiger partial charge in [-0.05, 0) is 25.1 Å². The highest BCUT2D eigenvalue weighted by Gasteiger charge is 2.20. The molecule has 22 heavy (non-hydrogen) atoms. The molecule has 2 rings (SSSR count). The molecule has 0 spiro atoms. The highest BCUT2D eigenvalue weighted by Crippen LogP contribution is 2.28. The molecule has 0 aliphatic heterocycles. The van der Waals surface area contributed by atoms with E-state index in [-0.39, 0.29) is 32.0 Å². The Bertz CT molecular complexity index is 841. The van der Waals surface area contributed by atoms with Gasteiger partial charge >= 0.3 is 0 Å². The van der Waals surface area contributed by atoms with Crippen LogP contribution in [0.25, 0.3) is 0 Å². The fraction of sp³-hybridized carbons (Fsp3) is 0.0833. The second-order valence-corrected chi connectivity index (χ2v) is 7.67. The minimum atomic E-state index is -3.97. The van der Waals surface area contributed by atoms with Crippen molar-refractivity contribution in [2.24, 2.45) is 0 Å². The van der Waals surface area contributed by atoms with Gasteiger partial charge in [0.15, 0.2) is 5.82 Å². The Morgan fingerprint density at radius 2 is 1.77 bits per heavy atom. The van der Waals surface area contributed by atoms with Gasteiger partial charge in [0.25, 0.3) is 15.0 Å². The number of nitrogens with one attached hydrogen (secondary N) is 2. The summed E-state index contributed by atoms with van der Waals surface area (Å²) in [6.45, 7) is 1.46. The standard InChI is InChI=1S/C12H8Cl3FN2O3S/c1-5-10(22(15,20)21)4-9(17-5)12(19)18-6-2-7(13)11(16)8(14)3-6/h2-4,17H,1H3,(H,18,19). The van der Waals surface area contributed by atoms with Gasteiger partial charge in [0.1, 0.15) is 10.6 Å². The third-order valence-electron chi connectivity index (χ3n) is 2.72. The zero-order chi connectivity index (χ0) is 16.7. The number of hydrogen-bond donors (Lipinski definition) is 2. The van der Waals surface area contributed by atoms with Gasteiger partial charge in [0, 0.05) is 22.1 Å². The van der Waals surface area contributed by atoms with E-state index in [9.17, 15) is 17.6 Å². The Balaban J connectivity index is 2.31. The Kier molecular flexibility index (Phi) is 4.72. The van der Waals surface area contributed by atoms with E-state index in [0.717, 1.165) is 6.07 Å². The molecule has 10 heteroatoms. The van der Waals surface area contributed by atoms with Crippen molar-refractivity contribution < 1.29 is 17.6 Å². The molecule has 118 valence electrons. The van der Waals surface area contributed by atoms with Crippen molar-refractivity contribution in [2.75, 3.05) is 5.32 Å². The van der Waals surface area contributed by atoms with Crippen molar-refractivity contribution in [3.05, 3.63) is 45.4 Å². The second-order valence-electron chi connectivity index (χ2n) is 4.32. The predicted molar refractivity (Wildman–Crippen MR) is 82.9 cm³/mol. The molecular formula is C12H8Cl3FN2O3S. The average Bonchev–Trinajstić information content (AvgIpc) is 2.78. The fourth-order valence-corrected chi connectivity index (χ4v) is 3.38. The third kappa shape index (κ3) is 3.55. The number of aromatic nitrogens is 1. The first kappa shape index (κ1) is 17.1. The molecular weight excluding hydrogens is 378 g/mol. The van der Waals surface area contributed by atoms with E-state index >= 15 is 0 Å². The Morgan fingerprint density at radius 3 is 2.23 bits per heavy atom. The summed E-state index contributed by atoms with van der Waals surface area (Å²) >= 11 is 11.2. The zero-order valence-electron chi connectivity index (χ0n) is 10.9. The Labute approximate surface area is 139 Å². The molecule has 1 amide bonds. The normalized spacial score (nSPS) is 11.5. The van der Waals surface area contributed by atoms with E-state index in [1.807, 2.05) is 0 Å². The van der Waals surface area contributed by atoms with Crippen LogP contribution in [0.3, 0.4) is 0 Å². The maximum absolute atomic E-state index is 13.3. The quantitative estimate of drug-likeness (QED) is 0.620. The summed E-state index contributed by atoms with van der Waals surface area (Å²) in [7, 11) is 1.28. The predicted octanol–water partition coefficient (Wildman–Crippen LogP) is 3.95. The third-order valence-corrected chi connectivity index (χ3v) is 4.71. The highest BCUT2D eigenvalue weighted by molar-refractivity contribution is 8.13. The number of rotatable bonds is 3. The molecule has 0 aliphatic carbocycles. The first-order valence-corrected chi connectivity index (χ1v) is 8.76. The van der Waals surface area contributed by atoms with Crippen molar-refractivity contribution in [2.45, 2.75) is 11.8 Å². The van der Waals surface area contributed by atoms with Crippen LogP contribution in [-0.2, 0) is 9.05 Å². The van der Waals surface area contributed by atoms with Crippen molar-refractivity contribution in [3.8, 4) is 0 Å². The first-order chi connectivity index (χ1) is 10.1. The van der Waals surface area contributed by atoms with E-state index in [0.29, 0.717) is 0 Å². The second kappa shape index (κ2) is 6.08. The van der Waals surface area contributed by atoms with Gasteiger partial charge in [-0.3, -0.25) is 4.79 Å². The fourth-order valence-electron chi connectivity index (χ4n) is 1.74. The van der Waals surface area contributed by atoms with Crippen molar-refractivity contribution in [3.63, 3.8) is 0 Å². The number of hydrogen-bond acceptors (Lipinski definition) is 3. The summed E-state index contributed by atoms with van der Waals surface area (Å²) in [5, 5.41) is 1.91. The van der Waals surface area contributed by atoms with Crippen molar-refractivity contribution in [1.82, 2.24) is 4.98 Å². The zero-order valence-corrected chi connectivity index (χ0v) is 14.0. The lowest BCUT2D eigenvalue weighted by molar-refractivity contribution is 0.102. The van der Waals surface area contributed by atoms with E-state index in [4.69, 9.17) is 33.9 Å². The smallest absolute Gasteiger partial charge is 0.272 e. The van der Waals surface area contributed by atoms with Gasteiger partial charge in [-0.25, -0.2) is 12.8 Å². The van der Waals surface area contributed by atoms with E-state index in [1.165, 1.54) is 19.1 Å². The number of amides is 1. The minimum Gasteiger partial charge on any atom is -0.353 e. The van der Waals surface area contributed by atoms with Crippen molar-refractivity contribution in [1.29, 1.82) is 0 Å². The van der Waals surface area contributed by atoms with Gasteiger partial charge in [-0.2, -0.15) is 0 Å². The summed E-state index contributed by atoms with van der Waals surface area (Å²) in [4.78, 5) is 14.5. The van der Waals surface area contributed by atoms with Gasteiger partial charge in [-0.1, -0.05) is 23.2 Å². The molecule has 0 unspecified atom stereocenters. The molecule has 0 saturated carbocycles. The topological polar surface area (TPSA) is 79.0 Å². The van der Waals surface area contributed by atoms with Crippen LogP contribution in [0.4, 0.5) is 10.1 Å². The molecule has 0 bridgehead atoms. The summed E-state index contributed by atoms with van der Waals surface area (Å²) in [6, 6.07) is 3.45. The minimum absolute atomic E-state index is 0.0340.